The Morgan fingerprint density at radius 1 is 1.36 bits per heavy atom. The fourth-order valence-electron chi connectivity index (χ4n) is 1.38. The first-order valence-electron chi connectivity index (χ1n) is 4.56. The average Bonchev–Trinajstić information content (AvgIpc) is 2.11. The Balaban J connectivity index is 3.07. The van der Waals surface area contributed by atoms with E-state index in [4.69, 9.17) is 34.7 Å². The van der Waals surface area contributed by atoms with E-state index >= 15 is 0 Å². The maximum absolute atomic E-state index is 5.95. The van der Waals surface area contributed by atoms with Gasteiger partial charge in [0.25, 0.3) is 0 Å². The van der Waals surface area contributed by atoms with Crippen molar-refractivity contribution in [2.24, 2.45) is 5.73 Å². The molecule has 0 saturated heterocycles. The van der Waals surface area contributed by atoms with Crippen LogP contribution in [-0.4, -0.2) is 0 Å². The van der Waals surface area contributed by atoms with E-state index in [1.807, 2.05) is 0 Å². The van der Waals surface area contributed by atoms with E-state index < -0.39 is 0 Å². The van der Waals surface area contributed by atoms with E-state index in [2.05, 4.69) is 6.92 Å². The molecular weight excluding hydrogens is 219 g/mol. The molecule has 1 unspecified atom stereocenters. The van der Waals surface area contributed by atoms with Crippen LogP contribution in [-0.2, 0) is 0 Å². The fourth-order valence-corrected chi connectivity index (χ4v) is 1.89. The third-order valence-corrected chi connectivity index (χ3v) is 2.66. The molecule has 0 aliphatic rings. The monoisotopic (exact) mass is 232 g/mol. The van der Waals surface area contributed by atoms with E-state index in [-0.39, 0.29) is 6.04 Å². The zero-order valence-electron chi connectivity index (χ0n) is 8.06. The molecule has 1 atom stereocenters. The van der Waals surface area contributed by atoms with Crippen molar-refractivity contribution in [1.29, 1.82) is 0 Å². The van der Waals surface area contributed by atoms with Crippen LogP contribution in [0.5, 0.6) is 0 Å². The van der Waals surface area contributed by atoms with Crippen LogP contribution in [0.25, 0.3) is 0 Å². The number of hydrogen-bond donors (Lipinski definition) is 2. The van der Waals surface area contributed by atoms with Crippen LogP contribution >= 0.6 is 23.2 Å². The predicted molar refractivity (Wildman–Crippen MR) is 62.7 cm³/mol. The van der Waals surface area contributed by atoms with Crippen LogP contribution in [0.4, 0.5) is 5.69 Å². The van der Waals surface area contributed by atoms with E-state index in [1.165, 1.54) is 0 Å². The van der Waals surface area contributed by atoms with Crippen molar-refractivity contribution >= 4 is 28.9 Å². The second-order valence-corrected chi connectivity index (χ2v) is 4.13. The summed E-state index contributed by atoms with van der Waals surface area (Å²) in [4.78, 5) is 0. The second kappa shape index (κ2) is 4.87. The summed E-state index contributed by atoms with van der Waals surface area (Å²) in [6, 6.07) is 3.32. The minimum absolute atomic E-state index is 0.0869. The van der Waals surface area contributed by atoms with Gasteiger partial charge in [0.2, 0.25) is 0 Å². The molecule has 2 nitrogen and oxygen atoms in total. The SMILES string of the molecule is CCCC(N)c1cc(Cl)cc(Cl)c1N. The van der Waals surface area contributed by atoms with Crippen molar-refractivity contribution in [3.63, 3.8) is 0 Å². The molecule has 1 aromatic carbocycles. The lowest BCUT2D eigenvalue weighted by Crippen LogP contribution is -2.12. The fraction of sp³-hybridized carbons (Fsp3) is 0.400. The minimum atomic E-state index is -0.0869. The van der Waals surface area contributed by atoms with E-state index in [0.717, 1.165) is 18.4 Å². The lowest BCUT2D eigenvalue weighted by molar-refractivity contribution is 0.640. The molecule has 0 amide bonds. The Bertz CT molecular complexity index is 326. The molecule has 0 radical (unpaired) electrons. The van der Waals surface area contributed by atoms with Gasteiger partial charge in [-0.05, 0) is 24.1 Å². The smallest absolute Gasteiger partial charge is 0.0653 e. The third-order valence-electron chi connectivity index (χ3n) is 2.13. The summed E-state index contributed by atoms with van der Waals surface area (Å²) in [6.45, 7) is 2.07. The van der Waals surface area contributed by atoms with Gasteiger partial charge in [-0.15, -0.1) is 0 Å². The van der Waals surface area contributed by atoms with Gasteiger partial charge in [0.1, 0.15) is 0 Å². The quantitative estimate of drug-likeness (QED) is 0.786. The highest BCUT2D eigenvalue weighted by atomic mass is 35.5. The number of benzene rings is 1. The van der Waals surface area contributed by atoms with Gasteiger partial charge < -0.3 is 11.5 Å². The molecule has 0 bridgehead atoms. The molecule has 0 heterocycles. The summed E-state index contributed by atoms with van der Waals surface area (Å²) >= 11 is 11.8. The predicted octanol–water partition coefficient (Wildman–Crippen LogP) is 3.38. The van der Waals surface area contributed by atoms with Gasteiger partial charge in [0.15, 0.2) is 0 Å². The largest absolute Gasteiger partial charge is 0.397 e. The molecule has 0 fully saturated rings. The zero-order valence-corrected chi connectivity index (χ0v) is 9.57. The third kappa shape index (κ3) is 2.53. The number of hydrogen-bond acceptors (Lipinski definition) is 2. The number of halogens is 2. The molecule has 78 valence electrons. The Morgan fingerprint density at radius 2 is 2.00 bits per heavy atom. The zero-order chi connectivity index (χ0) is 10.7. The van der Waals surface area contributed by atoms with Crippen LogP contribution in [0, 0.1) is 0 Å². The Labute approximate surface area is 94.2 Å². The summed E-state index contributed by atoms with van der Waals surface area (Å²) in [5, 5.41) is 1.05. The number of nitrogens with two attached hydrogens (primary N) is 2. The molecule has 1 rings (SSSR count). The molecule has 4 heteroatoms. The lowest BCUT2D eigenvalue weighted by Gasteiger charge is -2.14. The van der Waals surface area contributed by atoms with Crippen molar-refractivity contribution in [2.45, 2.75) is 25.8 Å². The molecule has 0 aromatic heterocycles. The summed E-state index contributed by atoms with van der Waals surface area (Å²) in [5.41, 5.74) is 13.1. The first kappa shape index (κ1) is 11.6. The second-order valence-electron chi connectivity index (χ2n) is 3.29. The molecule has 4 N–H and O–H groups in total. The highest BCUT2D eigenvalue weighted by Crippen LogP contribution is 2.32. The molecule has 0 aliphatic heterocycles. The van der Waals surface area contributed by atoms with Gasteiger partial charge in [0, 0.05) is 11.1 Å². The van der Waals surface area contributed by atoms with Gasteiger partial charge in [0.05, 0.1) is 10.7 Å². The van der Waals surface area contributed by atoms with Crippen LogP contribution in [0.15, 0.2) is 12.1 Å². The summed E-state index contributed by atoms with van der Waals surface area (Å²) in [5.74, 6) is 0. The standard InChI is InChI=1S/C10H14Cl2N2/c1-2-3-9(13)7-4-6(11)5-8(12)10(7)14/h4-5,9H,2-3,13-14H2,1H3. The van der Waals surface area contributed by atoms with Gasteiger partial charge >= 0.3 is 0 Å². The summed E-state index contributed by atoms with van der Waals surface area (Å²) in [6.07, 6.45) is 1.88. The highest BCUT2D eigenvalue weighted by Gasteiger charge is 2.12. The summed E-state index contributed by atoms with van der Waals surface area (Å²) < 4.78 is 0. The van der Waals surface area contributed by atoms with Crippen LogP contribution in [0.1, 0.15) is 31.4 Å². The molecule has 0 aliphatic carbocycles. The maximum Gasteiger partial charge on any atom is 0.0653 e. The number of nitrogen functional groups attached to an aromatic ring is 1. The van der Waals surface area contributed by atoms with Crippen LogP contribution < -0.4 is 11.5 Å². The Hall–Kier alpha value is -0.440. The van der Waals surface area contributed by atoms with Crippen LogP contribution in [0.3, 0.4) is 0 Å². The lowest BCUT2D eigenvalue weighted by atomic mass is 10.0. The highest BCUT2D eigenvalue weighted by molar-refractivity contribution is 6.36. The van der Waals surface area contributed by atoms with Crippen molar-refractivity contribution < 1.29 is 0 Å². The van der Waals surface area contributed by atoms with Crippen molar-refractivity contribution in [2.75, 3.05) is 5.73 Å². The first-order chi connectivity index (χ1) is 6.56. The maximum atomic E-state index is 5.95. The van der Waals surface area contributed by atoms with Crippen molar-refractivity contribution in [1.82, 2.24) is 0 Å². The molecule has 1 aromatic rings. The van der Waals surface area contributed by atoms with Gasteiger partial charge in [-0.1, -0.05) is 36.5 Å². The average molecular weight is 233 g/mol. The number of anilines is 1. The van der Waals surface area contributed by atoms with E-state index in [9.17, 15) is 0 Å². The topological polar surface area (TPSA) is 52.0 Å². The van der Waals surface area contributed by atoms with Crippen molar-refractivity contribution in [3.05, 3.63) is 27.7 Å². The van der Waals surface area contributed by atoms with Crippen molar-refractivity contribution in [3.8, 4) is 0 Å². The Morgan fingerprint density at radius 3 is 2.57 bits per heavy atom. The van der Waals surface area contributed by atoms with Crippen LogP contribution in [0.2, 0.25) is 10.0 Å². The first-order valence-corrected chi connectivity index (χ1v) is 5.31. The molecule has 14 heavy (non-hydrogen) atoms. The Kier molecular flexibility index (Phi) is 4.05. The van der Waals surface area contributed by atoms with E-state index in [1.54, 1.807) is 12.1 Å². The van der Waals surface area contributed by atoms with Gasteiger partial charge in [-0.3, -0.25) is 0 Å². The molecular formula is C10H14Cl2N2. The normalized spacial score (nSPS) is 12.9. The molecule has 0 saturated carbocycles. The van der Waals surface area contributed by atoms with Gasteiger partial charge in [-0.2, -0.15) is 0 Å². The van der Waals surface area contributed by atoms with Gasteiger partial charge in [-0.25, -0.2) is 0 Å². The number of rotatable bonds is 3. The van der Waals surface area contributed by atoms with E-state index in [0.29, 0.717) is 15.7 Å². The minimum Gasteiger partial charge on any atom is -0.397 e. The molecule has 0 spiro atoms. The summed E-state index contributed by atoms with van der Waals surface area (Å²) in [7, 11) is 0.